The first-order valence-electron chi connectivity index (χ1n) is 2.52. The molecule has 0 bridgehead atoms. The minimum atomic E-state index is -0.653. The van der Waals surface area contributed by atoms with Crippen molar-refractivity contribution in [2.75, 3.05) is 13.2 Å². The van der Waals surface area contributed by atoms with E-state index in [-0.39, 0.29) is 48.4 Å². The SMILES string of the molecule is O=C(C[O-])CCCO.[Na+]. The van der Waals surface area contributed by atoms with Gasteiger partial charge in [-0.2, -0.15) is 0 Å². The van der Waals surface area contributed by atoms with Crippen LogP contribution >= 0.6 is 0 Å². The second-order valence-corrected chi connectivity index (χ2v) is 1.51. The summed E-state index contributed by atoms with van der Waals surface area (Å²) in [4.78, 5) is 10.1. The zero-order chi connectivity index (χ0) is 6.41. The molecule has 0 aromatic heterocycles. The summed E-state index contributed by atoms with van der Waals surface area (Å²) in [6, 6.07) is 0. The zero-order valence-electron chi connectivity index (χ0n) is 5.59. The smallest absolute Gasteiger partial charge is 0.849 e. The van der Waals surface area contributed by atoms with Crippen molar-refractivity contribution in [2.45, 2.75) is 12.8 Å². The van der Waals surface area contributed by atoms with Crippen molar-refractivity contribution in [3.63, 3.8) is 0 Å². The van der Waals surface area contributed by atoms with Crippen molar-refractivity contribution >= 4 is 5.78 Å². The number of hydrogen-bond acceptors (Lipinski definition) is 3. The third-order valence-corrected chi connectivity index (χ3v) is 0.775. The molecule has 48 valence electrons. The maximum Gasteiger partial charge on any atom is 1.00 e. The van der Waals surface area contributed by atoms with Gasteiger partial charge in [0.15, 0.2) is 0 Å². The molecule has 0 amide bonds. The largest absolute Gasteiger partial charge is 1.00 e. The first-order valence-corrected chi connectivity index (χ1v) is 2.52. The molecule has 0 aliphatic carbocycles. The van der Waals surface area contributed by atoms with Crippen LogP contribution in [0.1, 0.15) is 12.8 Å². The van der Waals surface area contributed by atoms with E-state index >= 15 is 0 Å². The van der Waals surface area contributed by atoms with Crippen molar-refractivity contribution in [1.82, 2.24) is 0 Å². The molecule has 0 rings (SSSR count). The number of carbonyl (C=O) groups excluding carboxylic acids is 1. The van der Waals surface area contributed by atoms with Crippen LogP contribution in [0.3, 0.4) is 0 Å². The summed E-state index contributed by atoms with van der Waals surface area (Å²) < 4.78 is 0. The van der Waals surface area contributed by atoms with Gasteiger partial charge in [-0.25, -0.2) is 0 Å². The number of hydrogen-bond donors (Lipinski definition) is 1. The summed E-state index contributed by atoms with van der Waals surface area (Å²) in [7, 11) is 0. The fourth-order valence-electron chi connectivity index (χ4n) is 0.348. The third kappa shape index (κ3) is 8.59. The van der Waals surface area contributed by atoms with Gasteiger partial charge in [-0.3, -0.25) is 0 Å². The Bertz CT molecular complexity index is 74.6. The first kappa shape index (κ1) is 12.3. The average Bonchev–Trinajstić information content (AvgIpc) is 1.83. The Labute approximate surface area is 76.4 Å². The van der Waals surface area contributed by atoms with E-state index in [9.17, 15) is 9.90 Å². The molecule has 0 atom stereocenters. The second kappa shape index (κ2) is 8.59. The van der Waals surface area contributed by atoms with E-state index in [1.165, 1.54) is 0 Å². The van der Waals surface area contributed by atoms with Crippen LogP contribution in [0, 0.1) is 0 Å². The van der Waals surface area contributed by atoms with E-state index in [2.05, 4.69) is 0 Å². The van der Waals surface area contributed by atoms with Gasteiger partial charge in [-0.1, -0.05) is 6.61 Å². The number of aliphatic hydroxyl groups excluding tert-OH is 1. The Hall–Kier alpha value is 0.590. The maximum atomic E-state index is 10.1. The second-order valence-electron chi connectivity index (χ2n) is 1.51. The summed E-state index contributed by atoms with van der Waals surface area (Å²) in [5.41, 5.74) is 0. The van der Waals surface area contributed by atoms with E-state index in [4.69, 9.17) is 5.11 Å². The van der Waals surface area contributed by atoms with Crippen LogP contribution in [-0.4, -0.2) is 24.1 Å². The summed E-state index contributed by atoms with van der Waals surface area (Å²) in [6.07, 6.45) is 0.640. The Morgan fingerprint density at radius 2 is 2.11 bits per heavy atom. The van der Waals surface area contributed by atoms with Crippen LogP contribution in [0.4, 0.5) is 0 Å². The Morgan fingerprint density at radius 1 is 1.56 bits per heavy atom. The molecule has 0 aromatic rings. The molecule has 3 nitrogen and oxygen atoms in total. The summed E-state index contributed by atoms with van der Waals surface area (Å²) >= 11 is 0. The number of carbonyl (C=O) groups is 1. The number of Topliss-reactive ketones (excluding diaryl/α,β-unsaturated/α-hetero) is 1. The van der Waals surface area contributed by atoms with Crippen molar-refractivity contribution in [3.05, 3.63) is 0 Å². The number of aliphatic hydroxyl groups is 1. The van der Waals surface area contributed by atoms with Crippen molar-refractivity contribution in [3.8, 4) is 0 Å². The predicted molar refractivity (Wildman–Crippen MR) is 26.2 cm³/mol. The van der Waals surface area contributed by atoms with Crippen LogP contribution in [0.25, 0.3) is 0 Å². The van der Waals surface area contributed by atoms with Crippen LogP contribution in [-0.2, 0) is 4.79 Å². The molecule has 0 radical (unpaired) electrons. The average molecular weight is 140 g/mol. The third-order valence-electron chi connectivity index (χ3n) is 0.775. The molecule has 0 saturated heterocycles. The van der Waals surface area contributed by atoms with Gasteiger partial charge in [0.2, 0.25) is 0 Å². The molecular weight excluding hydrogens is 131 g/mol. The minimum Gasteiger partial charge on any atom is -0.849 e. The Kier molecular flexibility index (Phi) is 11.7. The molecule has 0 saturated carbocycles. The fourth-order valence-corrected chi connectivity index (χ4v) is 0.348. The Morgan fingerprint density at radius 3 is 2.44 bits per heavy atom. The van der Waals surface area contributed by atoms with Gasteiger partial charge >= 0.3 is 29.6 Å². The van der Waals surface area contributed by atoms with Crippen LogP contribution in [0.5, 0.6) is 0 Å². The minimum absolute atomic E-state index is 0. The van der Waals surface area contributed by atoms with Gasteiger partial charge < -0.3 is 15.0 Å². The van der Waals surface area contributed by atoms with E-state index in [0.717, 1.165) is 0 Å². The monoisotopic (exact) mass is 140 g/mol. The standard InChI is InChI=1S/C5H9O3.Na/c6-3-1-2-5(8)4-7;/h6H,1-4H2;/q-1;+1. The molecule has 9 heavy (non-hydrogen) atoms. The zero-order valence-corrected chi connectivity index (χ0v) is 7.59. The van der Waals surface area contributed by atoms with Crippen LogP contribution in [0.15, 0.2) is 0 Å². The first-order chi connectivity index (χ1) is 3.81. The summed E-state index contributed by atoms with van der Waals surface area (Å²) in [5, 5.41) is 17.9. The van der Waals surface area contributed by atoms with E-state index in [1.807, 2.05) is 0 Å². The molecule has 1 N–H and O–H groups in total. The van der Waals surface area contributed by atoms with Gasteiger partial charge in [0.1, 0.15) is 5.78 Å². The Balaban J connectivity index is 0. The van der Waals surface area contributed by atoms with E-state index in [1.54, 1.807) is 0 Å². The molecule has 0 heterocycles. The molecule has 4 heteroatoms. The molecule has 0 aromatic carbocycles. The van der Waals surface area contributed by atoms with Crippen molar-refractivity contribution < 1.29 is 44.6 Å². The summed E-state index contributed by atoms with van der Waals surface area (Å²) in [6.45, 7) is -0.661. The predicted octanol–water partition coefficient (Wildman–Crippen LogP) is -4.31. The van der Waals surface area contributed by atoms with Crippen LogP contribution < -0.4 is 34.7 Å². The number of rotatable bonds is 4. The summed E-state index contributed by atoms with van der Waals surface area (Å²) in [5.74, 6) is -0.320. The van der Waals surface area contributed by atoms with Crippen molar-refractivity contribution in [2.24, 2.45) is 0 Å². The van der Waals surface area contributed by atoms with Crippen molar-refractivity contribution in [1.29, 1.82) is 0 Å². The van der Waals surface area contributed by atoms with Crippen LogP contribution in [0.2, 0.25) is 0 Å². The molecule has 0 unspecified atom stereocenters. The molecule has 0 aliphatic rings. The van der Waals surface area contributed by atoms with Gasteiger partial charge in [0.05, 0.1) is 0 Å². The molecule has 0 spiro atoms. The van der Waals surface area contributed by atoms with Gasteiger partial charge in [0, 0.05) is 13.0 Å². The molecule has 0 fully saturated rings. The molecular formula is C5H9NaO3. The van der Waals surface area contributed by atoms with Gasteiger partial charge in [0.25, 0.3) is 0 Å². The van der Waals surface area contributed by atoms with Gasteiger partial charge in [-0.05, 0) is 6.42 Å². The van der Waals surface area contributed by atoms with E-state index < -0.39 is 6.61 Å². The fraction of sp³-hybridized carbons (Fsp3) is 0.800. The quantitative estimate of drug-likeness (QED) is 0.402. The van der Waals surface area contributed by atoms with E-state index in [0.29, 0.717) is 6.42 Å². The number of ketones is 1. The molecule has 0 aliphatic heterocycles. The normalized spacial score (nSPS) is 8.22. The topological polar surface area (TPSA) is 60.4 Å². The van der Waals surface area contributed by atoms with Gasteiger partial charge in [-0.15, -0.1) is 0 Å². The maximum absolute atomic E-state index is 10.1.